The Labute approximate surface area is 194 Å². The van der Waals surface area contributed by atoms with E-state index in [1.165, 1.54) is 51.4 Å². The summed E-state index contributed by atoms with van der Waals surface area (Å²) in [6.45, 7) is 1.70. The molecule has 2 aromatic rings. The van der Waals surface area contributed by atoms with Crippen LogP contribution in [0.2, 0.25) is 5.02 Å². The van der Waals surface area contributed by atoms with Gasteiger partial charge in [0.25, 0.3) is 0 Å². The van der Waals surface area contributed by atoms with E-state index in [0.717, 1.165) is 14.9 Å². The van der Waals surface area contributed by atoms with E-state index in [-0.39, 0.29) is 23.7 Å². The molecule has 9 nitrogen and oxygen atoms in total. The molecule has 0 unspecified atom stereocenters. The van der Waals surface area contributed by atoms with Crippen LogP contribution in [0, 0.1) is 0 Å². The van der Waals surface area contributed by atoms with E-state index in [0.29, 0.717) is 10.8 Å². The first-order valence-electron chi connectivity index (χ1n) is 9.52. The van der Waals surface area contributed by atoms with Gasteiger partial charge in [0.1, 0.15) is 18.4 Å². The summed E-state index contributed by atoms with van der Waals surface area (Å²) in [4.78, 5) is 12.7. The lowest BCUT2D eigenvalue weighted by Crippen LogP contribution is -2.48. The normalized spacial score (nSPS) is 12.9. The van der Waals surface area contributed by atoms with Crippen molar-refractivity contribution in [2.75, 3.05) is 37.8 Å². The van der Waals surface area contributed by atoms with Crippen LogP contribution in [0.15, 0.2) is 53.4 Å². The third-order valence-corrected chi connectivity index (χ3v) is 7.73. The summed E-state index contributed by atoms with van der Waals surface area (Å²) in [7, 11) is -4.38. The molecule has 0 saturated heterocycles. The highest BCUT2D eigenvalue weighted by Gasteiger charge is 2.29. The summed E-state index contributed by atoms with van der Waals surface area (Å²) in [5.74, 6) is -0.0758. The molecule has 0 aliphatic carbocycles. The zero-order valence-corrected chi connectivity index (χ0v) is 20.5. The molecule has 2 rings (SSSR count). The molecule has 0 radical (unpaired) electrons. The summed E-state index contributed by atoms with van der Waals surface area (Å²) < 4.78 is 56.3. The second kappa shape index (κ2) is 10.5. The Morgan fingerprint density at radius 2 is 1.72 bits per heavy atom. The number of carbonyl (C=O) groups is 1. The van der Waals surface area contributed by atoms with Crippen molar-refractivity contribution < 1.29 is 26.4 Å². The maximum Gasteiger partial charge on any atom is 0.243 e. The number of sulfonamides is 2. The van der Waals surface area contributed by atoms with E-state index in [4.69, 9.17) is 16.3 Å². The van der Waals surface area contributed by atoms with E-state index in [9.17, 15) is 21.6 Å². The van der Waals surface area contributed by atoms with E-state index >= 15 is 0 Å². The van der Waals surface area contributed by atoms with Crippen LogP contribution >= 0.6 is 11.6 Å². The van der Waals surface area contributed by atoms with Gasteiger partial charge < -0.3 is 10.1 Å². The van der Waals surface area contributed by atoms with Crippen LogP contribution in [0.5, 0.6) is 5.75 Å². The van der Waals surface area contributed by atoms with Crippen LogP contribution in [0.1, 0.15) is 6.92 Å². The van der Waals surface area contributed by atoms with Crippen LogP contribution in [0.3, 0.4) is 0 Å². The van der Waals surface area contributed by atoms with E-state index in [2.05, 4.69) is 5.32 Å². The highest BCUT2D eigenvalue weighted by molar-refractivity contribution is 7.92. The van der Waals surface area contributed by atoms with Crippen LogP contribution < -0.4 is 14.4 Å². The average Bonchev–Trinajstić information content (AvgIpc) is 2.70. The van der Waals surface area contributed by atoms with Gasteiger partial charge in [-0.3, -0.25) is 9.10 Å². The monoisotopic (exact) mass is 503 g/mol. The first-order valence-corrected chi connectivity index (χ1v) is 13.2. The van der Waals surface area contributed by atoms with Crippen molar-refractivity contribution >= 4 is 43.2 Å². The van der Waals surface area contributed by atoms with E-state index in [1.54, 1.807) is 18.2 Å². The zero-order valence-electron chi connectivity index (χ0n) is 18.1. The first-order chi connectivity index (χ1) is 14.8. The topological polar surface area (TPSA) is 113 Å². The summed E-state index contributed by atoms with van der Waals surface area (Å²) in [5, 5.41) is 2.98. The van der Waals surface area contributed by atoms with Gasteiger partial charge in [-0.1, -0.05) is 17.7 Å². The fourth-order valence-electron chi connectivity index (χ4n) is 2.83. The van der Waals surface area contributed by atoms with Crippen molar-refractivity contribution in [1.29, 1.82) is 0 Å². The highest BCUT2D eigenvalue weighted by atomic mass is 35.5. The lowest BCUT2D eigenvalue weighted by molar-refractivity contribution is -0.121. The third-order valence-electron chi connectivity index (χ3n) is 4.42. The molecule has 0 aliphatic rings. The minimum atomic E-state index is -3.74. The summed E-state index contributed by atoms with van der Waals surface area (Å²) in [6.07, 6.45) is 1.01. The van der Waals surface area contributed by atoms with Crippen molar-refractivity contribution in [3.8, 4) is 5.75 Å². The SMILES string of the molecule is C[C@@H](C(=O)NCCOc1ccc(S(=O)(=O)N(C)C)cc1)N(c1cccc(Cl)c1)S(C)(=O)=O. The molecule has 0 spiro atoms. The molecule has 1 atom stereocenters. The molecule has 0 fully saturated rings. The number of ether oxygens (including phenoxy) is 1. The number of carbonyl (C=O) groups excluding carboxylic acids is 1. The van der Waals surface area contributed by atoms with Gasteiger partial charge in [-0.2, -0.15) is 0 Å². The predicted octanol–water partition coefficient (Wildman–Crippen LogP) is 1.94. The average molecular weight is 504 g/mol. The number of nitrogens with one attached hydrogen (secondary N) is 1. The van der Waals surface area contributed by atoms with Crippen molar-refractivity contribution in [2.24, 2.45) is 0 Å². The summed E-state index contributed by atoms with van der Waals surface area (Å²) in [6, 6.07) is 11.1. The number of hydrogen-bond donors (Lipinski definition) is 1. The van der Waals surface area contributed by atoms with Crippen LogP contribution in [0.25, 0.3) is 0 Å². The largest absolute Gasteiger partial charge is 0.492 e. The Balaban J connectivity index is 1.95. The van der Waals surface area contributed by atoms with Gasteiger partial charge in [-0.25, -0.2) is 21.1 Å². The van der Waals surface area contributed by atoms with Gasteiger partial charge in [0.15, 0.2) is 0 Å². The molecule has 0 aliphatic heterocycles. The molecule has 32 heavy (non-hydrogen) atoms. The smallest absolute Gasteiger partial charge is 0.243 e. The number of benzene rings is 2. The van der Waals surface area contributed by atoms with Crippen molar-refractivity contribution in [1.82, 2.24) is 9.62 Å². The van der Waals surface area contributed by atoms with Crippen LogP contribution in [-0.4, -0.2) is 66.6 Å². The van der Waals surface area contributed by atoms with E-state index < -0.39 is 32.0 Å². The Morgan fingerprint density at radius 1 is 1.09 bits per heavy atom. The van der Waals surface area contributed by atoms with Gasteiger partial charge in [-0.05, 0) is 49.4 Å². The predicted molar refractivity (Wildman–Crippen MR) is 124 cm³/mol. The number of anilines is 1. The molecule has 1 N–H and O–H groups in total. The molecule has 12 heteroatoms. The lowest BCUT2D eigenvalue weighted by atomic mass is 10.2. The molecule has 2 aromatic carbocycles. The van der Waals surface area contributed by atoms with Crippen molar-refractivity contribution in [3.05, 3.63) is 53.6 Å². The first kappa shape index (κ1) is 25.9. The Morgan fingerprint density at radius 3 is 2.25 bits per heavy atom. The van der Waals surface area contributed by atoms with Gasteiger partial charge in [0.05, 0.1) is 23.4 Å². The number of halogens is 1. The number of amides is 1. The lowest BCUT2D eigenvalue weighted by Gasteiger charge is -2.28. The molecule has 0 saturated carbocycles. The standard InChI is InChI=1S/C20H26ClN3O6S2/c1-15(24(31(4,26)27)17-7-5-6-16(21)14-17)20(25)22-12-13-30-18-8-10-19(11-9-18)32(28,29)23(2)3/h5-11,14-15H,12-13H2,1-4H3,(H,22,25)/t15-/m0/s1. The molecule has 0 aromatic heterocycles. The third kappa shape index (κ3) is 6.58. The molecule has 0 bridgehead atoms. The molecule has 0 heterocycles. The fourth-order valence-corrected chi connectivity index (χ4v) is 5.08. The number of nitrogens with zero attached hydrogens (tertiary/aromatic N) is 2. The van der Waals surface area contributed by atoms with Crippen LogP contribution in [0.4, 0.5) is 5.69 Å². The van der Waals surface area contributed by atoms with Crippen molar-refractivity contribution in [3.63, 3.8) is 0 Å². The molecular formula is C20H26ClN3O6S2. The van der Waals surface area contributed by atoms with Crippen molar-refractivity contribution in [2.45, 2.75) is 17.9 Å². The van der Waals surface area contributed by atoms with Gasteiger partial charge in [0.2, 0.25) is 26.0 Å². The van der Waals surface area contributed by atoms with E-state index in [1.807, 2.05) is 0 Å². The summed E-state index contributed by atoms with van der Waals surface area (Å²) in [5.41, 5.74) is 0.284. The summed E-state index contributed by atoms with van der Waals surface area (Å²) >= 11 is 5.96. The fraction of sp³-hybridized carbons (Fsp3) is 0.350. The molecular weight excluding hydrogens is 478 g/mol. The second-order valence-corrected chi connectivity index (χ2v) is 11.6. The number of hydrogen-bond acceptors (Lipinski definition) is 6. The quantitative estimate of drug-likeness (QED) is 0.496. The minimum Gasteiger partial charge on any atom is -0.492 e. The second-order valence-electron chi connectivity index (χ2n) is 7.11. The Bertz CT molecular complexity index is 1150. The van der Waals surface area contributed by atoms with Gasteiger partial charge >= 0.3 is 0 Å². The zero-order chi connectivity index (χ0) is 24.1. The maximum absolute atomic E-state index is 12.5. The minimum absolute atomic E-state index is 0.105. The Kier molecular flexibility index (Phi) is 8.52. The van der Waals surface area contributed by atoms with Gasteiger partial charge in [-0.15, -0.1) is 0 Å². The maximum atomic E-state index is 12.5. The van der Waals surface area contributed by atoms with Gasteiger partial charge in [0, 0.05) is 19.1 Å². The molecule has 176 valence electrons. The highest BCUT2D eigenvalue weighted by Crippen LogP contribution is 2.24. The van der Waals surface area contributed by atoms with Crippen LogP contribution in [-0.2, 0) is 24.8 Å². The molecule has 1 amide bonds. The number of rotatable bonds is 10. The Hall–Kier alpha value is -2.34.